The number of hydrogen-bond acceptors (Lipinski definition) is 4. The quantitative estimate of drug-likeness (QED) is 0.726. The zero-order chi connectivity index (χ0) is 20.9. The van der Waals surface area contributed by atoms with Gasteiger partial charge in [-0.05, 0) is 64.0 Å². The van der Waals surface area contributed by atoms with Crippen LogP contribution < -0.4 is 10.0 Å². The van der Waals surface area contributed by atoms with Crippen LogP contribution in [0.3, 0.4) is 0 Å². The van der Waals surface area contributed by atoms with Crippen molar-refractivity contribution < 1.29 is 13.2 Å². The Morgan fingerprint density at radius 2 is 1.69 bits per heavy atom. The fourth-order valence-corrected chi connectivity index (χ4v) is 4.66. The number of aryl methyl sites for hydroxylation is 1. The van der Waals surface area contributed by atoms with E-state index >= 15 is 0 Å². The van der Waals surface area contributed by atoms with E-state index < -0.39 is 16.1 Å². The van der Waals surface area contributed by atoms with Gasteiger partial charge in [0.15, 0.2) is 0 Å². The lowest BCUT2D eigenvalue weighted by Gasteiger charge is -2.30. The van der Waals surface area contributed by atoms with Gasteiger partial charge in [-0.25, -0.2) is 8.42 Å². The van der Waals surface area contributed by atoms with Crippen molar-refractivity contribution in [3.05, 3.63) is 65.7 Å². The van der Waals surface area contributed by atoms with Crippen molar-refractivity contribution in [3.8, 4) is 0 Å². The van der Waals surface area contributed by atoms with Crippen LogP contribution in [0, 0.1) is 6.92 Å². The minimum absolute atomic E-state index is 0.0702. The number of carbonyl (C=O) groups excluding carboxylic acids is 1. The summed E-state index contributed by atoms with van der Waals surface area (Å²) in [6.07, 6.45) is 2.03. The third-order valence-electron chi connectivity index (χ3n) is 5.29. The first-order valence-electron chi connectivity index (χ1n) is 9.95. The molecule has 0 aromatic heterocycles. The van der Waals surface area contributed by atoms with E-state index in [4.69, 9.17) is 0 Å². The van der Waals surface area contributed by atoms with Gasteiger partial charge in [-0.15, -0.1) is 0 Å². The van der Waals surface area contributed by atoms with E-state index in [0.717, 1.165) is 37.1 Å². The van der Waals surface area contributed by atoms with Crippen LogP contribution in [0.2, 0.25) is 0 Å². The molecule has 1 fully saturated rings. The molecule has 2 aromatic carbocycles. The van der Waals surface area contributed by atoms with Gasteiger partial charge in [-0.2, -0.15) is 4.72 Å². The van der Waals surface area contributed by atoms with Crippen LogP contribution in [0.15, 0.2) is 59.5 Å². The van der Waals surface area contributed by atoms with Crippen molar-refractivity contribution in [1.82, 2.24) is 14.9 Å². The largest absolute Gasteiger partial charge is 0.352 e. The number of benzene rings is 2. The number of amides is 1. The lowest BCUT2D eigenvalue weighted by molar-refractivity contribution is -0.123. The van der Waals surface area contributed by atoms with E-state index in [0.29, 0.717) is 6.42 Å². The van der Waals surface area contributed by atoms with Gasteiger partial charge < -0.3 is 10.2 Å². The Labute approximate surface area is 173 Å². The van der Waals surface area contributed by atoms with E-state index in [-0.39, 0.29) is 16.8 Å². The molecule has 1 aliphatic heterocycles. The molecule has 6 nitrogen and oxygen atoms in total. The molecule has 1 amide bonds. The number of carbonyl (C=O) groups is 1. The Balaban J connectivity index is 1.76. The number of likely N-dealkylation sites (tertiary alicyclic amines) is 1. The molecule has 0 radical (unpaired) electrons. The Morgan fingerprint density at radius 1 is 1.07 bits per heavy atom. The summed E-state index contributed by atoms with van der Waals surface area (Å²) in [6.45, 7) is 3.74. The summed E-state index contributed by atoms with van der Waals surface area (Å²) in [5.41, 5.74) is 1.88. The summed E-state index contributed by atoms with van der Waals surface area (Å²) >= 11 is 0. The molecule has 2 aromatic rings. The maximum Gasteiger partial charge on any atom is 0.241 e. The molecule has 1 aliphatic rings. The average molecular weight is 416 g/mol. The van der Waals surface area contributed by atoms with Gasteiger partial charge in [-0.3, -0.25) is 4.79 Å². The molecular weight excluding hydrogens is 386 g/mol. The molecule has 1 heterocycles. The van der Waals surface area contributed by atoms with Crippen molar-refractivity contribution in [2.24, 2.45) is 0 Å². The molecule has 2 N–H and O–H groups in total. The van der Waals surface area contributed by atoms with Gasteiger partial charge in [-0.1, -0.05) is 48.0 Å². The van der Waals surface area contributed by atoms with Gasteiger partial charge in [0.25, 0.3) is 0 Å². The minimum atomic E-state index is -3.81. The smallest absolute Gasteiger partial charge is 0.241 e. The number of nitrogens with one attached hydrogen (secondary N) is 2. The number of nitrogens with zero attached hydrogens (tertiary/aromatic N) is 1. The number of sulfonamides is 1. The molecule has 7 heteroatoms. The summed E-state index contributed by atoms with van der Waals surface area (Å²) in [5, 5.41) is 3.05. The highest BCUT2D eigenvalue weighted by atomic mass is 32.2. The summed E-state index contributed by atoms with van der Waals surface area (Å²) in [4.78, 5) is 15.4. The normalized spacial score (nSPS) is 17.0. The number of rotatable bonds is 7. The van der Waals surface area contributed by atoms with E-state index in [2.05, 4.69) is 22.0 Å². The van der Waals surface area contributed by atoms with E-state index in [1.807, 2.05) is 37.3 Å². The van der Waals surface area contributed by atoms with Gasteiger partial charge in [0, 0.05) is 6.04 Å². The molecule has 0 aliphatic carbocycles. The highest BCUT2D eigenvalue weighted by molar-refractivity contribution is 7.89. The molecule has 1 saturated heterocycles. The Kier molecular flexibility index (Phi) is 7.05. The Hall–Kier alpha value is -2.22. The van der Waals surface area contributed by atoms with Gasteiger partial charge >= 0.3 is 0 Å². The monoisotopic (exact) mass is 415 g/mol. The molecule has 0 unspecified atom stereocenters. The van der Waals surface area contributed by atoms with Crippen LogP contribution in [-0.4, -0.2) is 51.4 Å². The molecule has 156 valence electrons. The Morgan fingerprint density at radius 3 is 2.31 bits per heavy atom. The SMILES string of the molecule is Cc1ccc(S(=O)(=O)N[C@H](Cc2ccccc2)C(=O)NC2CCN(C)CC2)cc1. The van der Waals surface area contributed by atoms with Gasteiger partial charge in [0.1, 0.15) is 6.04 Å². The predicted octanol–water partition coefficient (Wildman–Crippen LogP) is 2.10. The van der Waals surface area contributed by atoms with Crippen molar-refractivity contribution in [3.63, 3.8) is 0 Å². The van der Waals surface area contributed by atoms with Crippen molar-refractivity contribution in [2.45, 2.75) is 43.2 Å². The first kappa shape index (κ1) is 21.5. The maximum atomic E-state index is 13.0. The second kappa shape index (κ2) is 9.52. The highest BCUT2D eigenvalue weighted by Crippen LogP contribution is 2.14. The van der Waals surface area contributed by atoms with Gasteiger partial charge in [0.05, 0.1) is 4.90 Å². The molecule has 0 saturated carbocycles. The maximum absolute atomic E-state index is 13.0. The van der Waals surface area contributed by atoms with Crippen LogP contribution in [0.4, 0.5) is 0 Å². The predicted molar refractivity (Wildman–Crippen MR) is 114 cm³/mol. The van der Waals surface area contributed by atoms with Crippen LogP contribution in [0.25, 0.3) is 0 Å². The molecule has 1 atom stereocenters. The van der Waals surface area contributed by atoms with Crippen LogP contribution in [0.1, 0.15) is 24.0 Å². The second-order valence-corrected chi connectivity index (χ2v) is 9.48. The lowest BCUT2D eigenvalue weighted by Crippen LogP contribution is -2.52. The van der Waals surface area contributed by atoms with E-state index in [1.54, 1.807) is 24.3 Å². The first-order valence-corrected chi connectivity index (χ1v) is 11.4. The molecule has 29 heavy (non-hydrogen) atoms. The number of hydrogen-bond donors (Lipinski definition) is 2. The van der Waals surface area contributed by atoms with Crippen molar-refractivity contribution >= 4 is 15.9 Å². The van der Waals surface area contributed by atoms with Crippen molar-refractivity contribution in [1.29, 1.82) is 0 Å². The summed E-state index contributed by atoms with van der Waals surface area (Å²) < 4.78 is 28.4. The third kappa shape index (κ3) is 6.13. The fraction of sp³-hybridized carbons (Fsp3) is 0.409. The van der Waals surface area contributed by atoms with Crippen LogP contribution in [0.5, 0.6) is 0 Å². The fourth-order valence-electron chi connectivity index (χ4n) is 3.47. The zero-order valence-corrected chi connectivity index (χ0v) is 17.8. The standard InChI is InChI=1S/C22H29N3O3S/c1-17-8-10-20(11-9-17)29(27,28)24-21(16-18-6-4-3-5-7-18)22(26)23-19-12-14-25(2)15-13-19/h3-11,19,21,24H,12-16H2,1-2H3,(H,23,26)/t21-/m1/s1. The minimum Gasteiger partial charge on any atom is -0.352 e. The molecule has 0 bridgehead atoms. The summed E-state index contributed by atoms with van der Waals surface area (Å²) in [5.74, 6) is -0.279. The Bertz CT molecular complexity index is 906. The molecule has 3 rings (SSSR count). The summed E-state index contributed by atoms with van der Waals surface area (Å²) in [7, 11) is -1.75. The van der Waals surface area contributed by atoms with Crippen LogP contribution >= 0.6 is 0 Å². The number of piperidine rings is 1. The van der Waals surface area contributed by atoms with E-state index in [9.17, 15) is 13.2 Å². The first-order chi connectivity index (χ1) is 13.8. The van der Waals surface area contributed by atoms with Crippen molar-refractivity contribution in [2.75, 3.05) is 20.1 Å². The second-order valence-electron chi connectivity index (χ2n) is 7.76. The van der Waals surface area contributed by atoms with E-state index in [1.165, 1.54) is 0 Å². The molecule has 0 spiro atoms. The van der Waals surface area contributed by atoms with Crippen LogP contribution in [-0.2, 0) is 21.2 Å². The zero-order valence-electron chi connectivity index (χ0n) is 17.0. The molecular formula is C22H29N3O3S. The van der Waals surface area contributed by atoms with Gasteiger partial charge in [0.2, 0.25) is 15.9 Å². The average Bonchev–Trinajstić information content (AvgIpc) is 2.70. The summed E-state index contributed by atoms with van der Waals surface area (Å²) in [6, 6.07) is 15.3. The highest BCUT2D eigenvalue weighted by Gasteiger charge is 2.28. The lowest BCUT2D eigenvalue weighted by atomic mass is 10.0. The topological polar surface area (TPSA) is 78.5 Å². The third-order valence-corrected chi connectivity index (χ3v) is 6.78.